The quantitative estimate of drug-likeness (QED) is 0.412. The van der Waals surface area contributed by atoms with E-state index in [-0.39, 0.29) is 32.8 Å². The van der Waals surface area contributed by atoms with Gasteiger partial charge >= 0.3 is 18.1 Å². The minimum atomic E-state index is -1.16. The number of nitrogens with zero attached hydrogens (tertiary/aromatic N) is 2. The van der Waals surface area contributed by atoms with Crippen LogP contribution in [0, 0.1) is 0 Å². The van der Waals surface area contributed by atoms with Crippen molar-refractivity contribution in [2.75, 3.05) is 19.7 Å². The molecule has 0 saturated carbocycles. The predicted octanol–water partition coefficient (Wildman–Crippen LogP) is 1.12. The molecule has 9 heteroatoms. The molecule has 0 bridgehead atoms. The molecule has 0 unspecified atom stereocenters. The lowest BCUT2D eigenvalue weighted by atomic mass is 10.2. The molecule has 1 aliphatic heterocycles. The molecule has 134 valence electrons. The summed E-state index contributed by atoms with van der Waals surface area (Å²) in [6.07, 6.45) is -2.13. The fraction of sp³-hybridized carbons (Fsp3) is 0.375. The van der Waals surface area contributed by atoms with Gasteiger partial charge in [-0.15, -0.1) is 0 Å². The largest absolute Gasteiger partial charge is 0.465 e. The Morgan fingerprint density at radius 3 is 2.60 bits per heavy atom. The SMILES string of the molecule is CCOC(=O)CN1C[C@@H](OC=O)N(C(=O)OCc2ccccc2)C1=O. The number of urea groups is 1. The van der Waals surface area contributed by atoms with Gasteiger partial charge in [-0.2, -0.15) is 4.90 Å². The van der Waals surface area contributed by atoms with Gasteiger partial charge in [0, 0.05) is 0 Å². The molecule has 0 aliphatic carbocycles. The number of esters is 1. The molecule has 1 heterocycles. The Kier molecular flexibility index (Phi) is 6.33. The molecule has 1 aliphatic rings. The lowest BCUT2D eigenvalue weighted by molar-refractivity contribution is -0.143. The zero-order valence-corrected chi connectivity index (χ0v) is 13.6. The molecule has 0 radical (unpaired) electrons. The molecule has 1 aromatic carbocycles. The first-order valence-corrected chi connectivity index (χ1v) is 7.60. The van der Waals surface area contributed by atoms with E-state index in [4.69, 9.17) is 14.2 Å². The summed E-state index contributed by atoms with van der Waals surface area (Å²) >= 11 is 0. The molecule has 1 atom stereocenters. The molecule has 0 N–H and O–H groups in total. The monoisotopic (exact) mass is 350 g/mol. The zero-order valence-electron chi connectivity index (χ0n) is 13.6. The highest BCUT2D eigenvalue weighted by atomic mass is 16.6. The molecule has 9 nitrogen and oxygen atoms in total. The van der Waals surface area contributed by atoms with Crippen molar-refractivity contribution in [3.63, 3.8) is 0 Å². The van der Waals surface area contributed by atoms with Crippen LogP contribution >= 0.6 is 0 Å². The highest BCUT2D eigenvalue weighted by molar-refractivity contribution is 5.94. The van der Waals surface area contributed by atoms with Crippen LogP contribution in [-0.4, -0.2) is 60.3 Å². The van der Waals surface area contributed by atoms with Crippen LogP contribution < -0.4 is 0 Å². The first-order valence-electron chi connectivity index (χ1n) is 7.60. The van der Waals surface area contributed by atoms with E-state index in [0.717, 1.165) is 10.5 Å². The zero-order chi connectivity index (χ0) is 18.2. The fourth-order valence-electron chi connectivity index (χ4n) is 2.27. The summed E-state index contributed by atoms with van der Waals surface area (Å²) < 4.78 is 14.6. The maximum absolute atomic E-state index is 12.3. The molecule has 0 spiro atoms. The molecular formula is C16H18N2O7. The van der Waals surface area contributed by atoms with Gasteiger partial charge in [-0.05, 0) is 12.5 Å². The van der Waals surface area contributed by atoms with Crippen LogP contribution in [0.1, 0.15) is 12.5 Å². The smallest absolute Gasteiger partial charge is 0.421 e. The predicted molar refractivity (Wildman–Crippen MR) is 83.0 cm³/mol. The first kappa shape index (κ1) is 18.2. The average molecular weight is 350 g/mol. The molecule has 25 heavy (non-hydrogen) atoms. The topological polar surface area (TPSA) is 102 Å². The van der Waals surface area contributed by atoms with Gasteiger partial charge in [0.25, 0.3) is 6.47 Å². The summed E-state index contributed by atoms with van der Waals surface area (Å²) in [5.41, 5.74) is 0.735. The third kappa shape index (κ3) is 4.69. The Morgan fingerprint density at radius 1 is 1.24 bits per heavy atom. The lowest BCUT2D eigenvalue weighted by Gasteiger charge is -2.19. The summed E-state index contributed by atoms with van der Waals surface area (Å²) in [5.74, 6) is -0.625. The minimum absolute atomic E-state index is 0.0465. The van der Waals surface area contributed by atoms with E-state index in [1.54, 1.807) is 31.2 Å². The highest BCUT2D eigenvalue weighted by Crippen LogP contribution is 2.18. The number of imide groups is 1. The Labute approximate surface area is 144 Å². The third-order valence-electron chi connectivity index (χ3n) is 3.38. The van der Waals surface area contributed by atoms with Gasteiger partial charge in [0.2, 0.25) is 6.23 Å². The summed E-state index contributed by atoms with van der Waals surface area (Å²) in [4.78, 5) is 48.4. The lowest BCUT2D eigenvalue weighted by Crippen LogP contribution is -2.42. The molecule has 1 aromatic rings. The van der Waals surface area contributed by atoms with Crippen LogP contribution in [0.3, 0.4) is 0 Å². The molecule has 0 aromatic heterocycles. The normalized spacial score (nSPS) is 16.5. The van der Waals surface area contributed by atoms with Crippen molar-refractivity contribution < 1.29 is 33.4 Å². The van der Waals surface area contributed by atoms with E-state index in [2.05, 4.69) is 0 Å². The Bertz CT molecular complexity index is 635. The third-order valence-corrected chi connectivity index (χ3v) is 3.38. The fourth-order valence-corrected chi connectivity index (χ4v) is 2.27. The van der Waals surface area contributed by atoms with Crippen LogP contribution in [0.25, 0.3) is 0 Å². The van der Waals surface area contributed by atoms with E-state index in [1.807, 2.05) is 6.07 Å². The van der Waals surface area contributed by atoms with Crippen molar-refractivity contribution in [1.82, 2.24) is 9.80 Å². The first-order chi connectivity index (χ1) is 12.1. The van der Waals surface area contributed by atoms with Gasteiger partial charge in [0.1, 0.15) is 13.2 Å². The molecule has 1 fully saturated rings. The number of benzene rings is 1. The molecule has 3 amide bonds. The second-order valence-corrected chi connectivity index (χ2v) is 5.07. The number of hydrogen-bond acceptors (Lipinski definition) is 7. The van der Waals surface area contributed by atoms with Crippen molar-refractivity contribution in [3.05, 3.63) is 35.9 Å². The van der Waals surface area contributed by atoms with E-state index in [1.165, 1.54) is 0 Å². The maximum Gasteiger partial charge on any atom is 0.421 e. The van der Waals surface area contributed by atoms with Crippen molar-refractivity contribution in [3.8, 4) is 0 Å². The Balaban J connectivity index is 2.02. The van der Waals surface area contributed by atoms with Crippen LogP contribution in [-0.2, 0) is 30.4 Å². The standard InChI is InChI=1S/C16H18N2O7/c1-2-23-14(20)9-17-8-13(25-11-19)18(15(17)21)16(22)24-10-12-6-4-3-5-7-12/h3-7,11,13H,2,8-10H2,1H3/t13-/m1/s1. The van der Waals surface area contributed by atoms with Crippen LogP contribution in [0.4, 0.5) is 9.59 Å². The van der Waals surface area contributed by atoms with E-state index in [0.29, 0.717) is 4.90 Å². The van der Waals surface area contributed by atoms with Crippen molar-refractivity contribution in [2.24, 2.45) is 0 Å². The van der Waals surface area contributed by atoms with Gasteiger partial charge in [0.15, 0.2) is 0 Å². The molecule has 1 saturated heterocycles. The maximum atomic E-state index is 12.3. The number of amides is 3. The van der Waals surface area contributed by atoms with Crippen molar-refractivity contribution in [2.45, 2.75) is 19.8 Å². The van der Waals surface area contributed by atoms with Crippen LogP contribution in [0.15, 0.2) is 30.3 Å². The van der Waals surface area contributed by atoms with Gasteiger partial charge in [-0.3, -0.25) is 9.59 Å². The van der Waals surface area contributed by atoms with Crippen LogP contribution in [0.5, 0.6) is 0 Å². The van der Waals surface area contributed by atoms with E-state index >= 15 is 0 Å². The number of hydrogen-bond donors (Lipinski definition) is 0. The number of rotatable bonds is 7. The van der Waals surface area contributed by atoms with Crippen molar-refractivity contribution >= 4 is 24.6 Å². The second kappa shape index (κ2) is 8.67. The molecular weight excluding hydrogens is 332 g/mol. The summed E-state index contributed by atoms with van der Waals surface area (Å²) in [5, 5.41) is 0. The second-order valence-electron chi connectivity index (χ2n) is 5.07. The Morgan fingerprint density at radius 2 is 1.96 bits per heavy atom. The van der Waals surface area contributed by atoms with Crippen molar-refractivity contribution in [1.29, 1.82) is 0 Å². The summed E-state index contributed by atoms with van der Waals surface area (Å²) in [7, 11) is 0. The van der Waals surface area contributed by atoms with Gasteiger partial charge in [0.05, 0.1) is 13.2 Å². The molecule has 2 rings (SSSR count). The van der Waals surface area contributed by atoms with Gasteiger partial charge in [-0.25, -0.2) is 9.59 Å². The summed E-state index contributed by atoms with van der Waals surface area (Å²) in [6.45, 7) is 1.39. The number of carbonyl (C=O) groups is 4. The van der Waals surface area contributed by atoms with Crippen LogP contribution in [0.2, 0.25) is 0 Å². The average Bonchev–Trinajstić information content (AvgIpc) is 2.90. The number of carbonyl (C=O) groups excluding carboxylic acids is 4. The van der Waals surface area contributed by atoms with E-state index < -0.39 is 24.3 Å². The van der Waals surface area contributed by atoms with Gasteiger partial charge in [-0.1, -0.05) is 30.3 Å². The summed E-state index contributed by atoms with van der Waals surface area (Å²) in [6, 6.07) is 8.10. The van der Waals surface area contributed by atoms with Gasteiger partial charge < -0.3 is 19.1 Å². The number of ether oxygens (including phenoxy) is 3. The minimum Gasteiger partial charge on any atom is -0.465 e. The Hall–Kier alpha value is -3.10. The highest BCUT2D eigenvalue weighted by Gasteiger charge is 2.44. The van der Waals surface area contributed by atoms with E-state index in [9.17, 15) is 19.2 Å².